The molecule has 110 valence electrons. The van der Waals surface area contributed by atoms with Gasteiger partial charge in [-0.1, -0.05) is 12.2 Å². The van der Waals surface area contributed by atoms with Gasteiger partial charge in [0.1, 0.15) is 0 Å². The number of amides is 1. The Labute approximate surface area is 125 Å². The zero-order valence-corrected chi connectivity index (χ0v) is 12.3. The van der Waals surface area contributed by atoms with E-state index in [0.717, 1.165) is 31.4 Å². The maximum Gasteiger partial charge on any atom is 0.228 e. The third-order valence-electron chi connectivity index (χ3n) is 4.69. The first kappa shape index (κ1) is 14.1. The fraction of sp³-hybridized carbons (Fsp3) is 0.444. The van der Waals surface area contributed by atoms with E-state index in [-0.39, 0.29) is 17.6 Å². The Morgan fingerprint density at radius 3 is 2.10 bits per heavy atom. The Hall–Kier alpha value is -1.90. The fourth-order valence-electron chi connectivity index (χ4n) is 3.45. The van der Waals surface area contributed by atoms with Crippen LogP contribution in [0.25, 0.3) is 0 Å². The Balaban J connectivity index is 1.61. The molecule has 2 aliphatic rings. The molecule has 0 bridgehead atoms. The monoisotopic (exact) mass is 283 g/mol. The van der Waals surface area contributed by atoms with Gasteiger partial charge in [0.2, 0.25) is 5.91 Å². The number of carbonyl (C=O) groups excluding carboxylic acids is 2. The van der Waals surface area contributed by atoms with E-state index in [0.29, 0.717) is 17.4 Å². The molecule has 0 aliphatic heterocycles. The molecule has 0 radical (unpaired) electrons. The van der Waals surface area contributed by atoms with Crippen molar-refractivity contribution in [3.8, 4) is 0 Å². The molecule has 1 N–H and O–H groups in total. The standard InChI is InChI=1S/C18H21NO2/c1-12(20)13-8-10-14(11-9-13)19-18(21)17-15-6-4-2-3-5-7-16(15)17/h2-3,8-11,15-17H,4-7H2,1H3,(H,19,21)/t15-,16-/m0/s1. The highest BCUT2D eigenvalue weighted by Crippen LogP contribution is 2.53. The fourth-order valence-corrected chi connectivity index (χ4v) is 3.45. The molecular formula is C18H21NO2. The average Bonchev–Trinajstić information content (AvgIpc) is 3.10. The normalized spacial score (nSPS) is 27.2. The summed E-state index contributed by atoms with van der Waals surface area (Å²) in [6.07, 6.45) is 8.93. The van der Waals surface area contributed by atoms with E-state index in [1.165, 1.54) is 0 Å². The second-order valence-electron chi connectivity index (χ2n) is 6.10. The summed E-state index contributed by atoms with van der Waals surface area (Å²) in [5.41, 5.74) is 1.45. The molecule has 0 heterocycles. The van der Waals surface area contributed by atoms with Gasteiger partial charge in [0, 0.05) is 17.2 Å². The number of carbonyl (C=O) groups is 2. The minimum atomic E-state index is 0.0427. The molecule has 3 rings (SSSR count). The Morgan fingerprint density at radius 1 is 1.00 bits per heavy atom. The molecular weight excluding hydrogens is 262 g/mol. The maximum absolute atomic E-state index is 12.4. The van der Waals surface area contributed by atoms with E-state index in [4.69, 9.17) is 0 Å². The number of rotatable bonds is 3. The van der Waals surface area contributed by atoms with E-state index in [9.17, 15) is 9.59 Å². The second kappa shape index (κ2) is 5.84. The summed E-state index contributed by atoms with van der Waals surface area (Å²) < 4.78 is 0. The van der Waals surface area contributed by atoms with Crippen molar-refractivity contribution < 1.29 is 9.59 Å². The summed E-state index contributed by atoms with van der Waals surface area (Å²) in [6, 6.07) is 7.14. The second-order valence-corrected chi connectivity index (χ2v) is 6.10. The van der Waals surface area contributed by atoms with E-state index in [1.54, 1.807) is 31.2 Å². The summed E-state index contributed by atoms with van der Waals surface area (Å²) in [5.74, 6) is 1.49. The zero-order valence-electron chi connectivity index (χ0n) is 12.3. The molecule has 3 nitrogen and oxygen atoms in total. The molecule has 1 fully saturated rings. The Bertz CT molecular complexity index is 557. The molecule has 0 spiro atoms. The minimum absolute atomic E-state index is 0.0427. The lowest BCUT2D eigenvalue weighted by Crippen LogP contribution is -2.15. The van der Waals surface area contributed by atoms with Crippen molar-refractivity contribution in [1.82, 2.24) is 0 Å². The van der Waals surface area contributed by atoms with Crippen LogP contribution in [0.3, 0.4) is 0 Å². The van der Waals surface area contributed by atoms with Gasteiger partial charge in [0.25, 0.3) is 0 Å². The van der Waals surface area contributed by atoms with Gasteiger partial charge in [0.15, 0.2) is 5.78 Å². The molecule has 21 heavy (non-hydrogen) atoms. The van der Waals surface area contributed by atoms with Crippen LogP contribution in [-0.2, 0) is 4.79 Å². The number of hydrogen-bond donors (Lipinski definition) is 1. The molecule has 2 atom stereocenters. The highest BCUT2D eigenvalue weighted by atomic mass is 16.2. The van der Waals surface area contributed by atoms with Crippen LogP contribution in [0, 0.1) is 17.8 Å². The van der Waals surface area contributed by atoms with E-state index < -0.39 is 0 Å². The van der Waals surface area contributed by atoms with Gasteiger partial charge in [-0.2, -0.15) is 0 Å². The van der Waals surface area contributed by atoms with Gasteiger partial charge < -0.3 is 5.32 Å². The SMILES string of the molecule is CC(=O)c1ccc(NC(=O)C2[C@H]3CCC=CCC[C@H]23)cc1. The van der Waals surface area contributed by atoms with Crippen LogP contribution in [0.5, 0.6) is 0 Å². The number of anilines is 1. The summed E-state index contributed by atoms with van der Waals surface area (Å²) in [5, 5.41) is 3.00. The molecule has 0 saturated heterocycles. The Kier molecular flexibility index (Phi) is 3.91. The van der Waals surface area contributed by atoms with Gasteiger partial charge >= 0.3 is 0 Å². The van der Waals surface area contributed by atoms with E-state index >= 15 is 0 Å². The minimum Gasteiger partial charge on any atom is -0.326 e. The number of Topliss-reactive ketones (excluding diaryl/α,β-unsaturated/α-hetero) is 1. The van der Waals surface area contributed by atoms with Crippen molar-refractivity contribution in [2.75, 3.05) is 5.32 Å². The summed E-state index contributed by atoms with van der Waals surface area (Å²) in [4.78, 5) is 23.6. The van der Waals surface area contributed by atoms with Crippen LogP contribution in [0.4, 0.5) is 5.69 Å². The lowest BCUT2D eigenvalue weighted by atomic mass is 10.1. The van der Waals surface area contributed by atoms with Crippen molar-refractivity contribution in [3.05, 3.63) is 42.0 Å². The molecule has 3 heteroatoms. The number of benzene rings is 1. The number of fused-ring (bicyclic) bond motifs is 1. The molecule has 1 aromatic carbocycles. The Morgan fingerprint density at radius 2 is 1.57 bits per heavy atom. The maximum atomic E-state index is 12.4. The smallest absolute Gasteiger partial charge is 0.228 e. The topological polar surface area (TPSA) is 46.2 Å². The van der Waals surface area contributed by atoms with Crippen molar-refractivity contribution in [1.29, 1.82) is 0 Å². The van der Waals surface area contributed by atoms with Crippen LogP contribution in [-0.4, -0.2) is 11.7 Å². The van der Waals surface area contributed by atoms with E-state index in [2.05, 4.69) is 17.5 Å². The summed E-state index contributed by atoms with van der Waals surface area (Å²) in [6.45, 7) is 1.54. The van der Waals surface area contributed by atoms with Crippen molar-refractivity contribution in [3.63, 3.8) is 0 Å². The lowest BCUT2D eigenvalue weighted by molar-refractivity contribution is -0.117. The van der Waals surface area contributed by atoms with Gasteiger partial charge in [-0.3, -0.25) is 9.59 Å². The third kappa shape index (κ3) is 3.07. The number of ketones is 1. The molecule has 2 aliphatic carbocycles. The third-order valence-corrected chi connectivity index (χ3v) is 4.69. The zero-order chi connectivity index (χ0) is 14.8. The average molecular weight is 283 g/mol. The predicted molar refractivity (Wildman–Crippen MR) is 83.2 cm³/mol. The van der Waals surface area contributed by atoms with E-state index in [1.807, 2.05) is 0 Å². The van der Waals surface area contributed by atoms with Crippen LogP contribution in [0.2, 0.25) is 0 Å². The van der Waals surface area contributed by atoms with Gasteiger partial charge in [0.05, 0.1) is 0 Å². The first-order valence-electron chi connectivity index (χ1n) is 7.73. The summed E-state index contributed by atoms with van der Waals surface area (Å²) in [7, 11) is 0. The first-order chi connectivity index (χ1) is 10.2. The van der Waals surface area contributed by atoms with Crippen LogP contribution < -0.4 is 5.32 Å². The molecule has 0 aromatic heterocycles. The largest absolute Gasteiger partial charge is 0.326 e. The number of nitrogens with one attached hydrogen (secondary N) is 1. The van der Waals surface area contributed by atoms with Crippen molar-refractivity contribution in [2.45, 2.75) is 32.6 Å². The van der Waals surface area contributed by atoms with Crippen molar-refractivity contribution in [2.24, 2.45) is 17.8 Å². The predicted octanol–water partition coefficient (Wildman–Crippen LogP) is 3.82. The highest BCUT2D eigenvalue weighted by Gasteiger charge is 2.53. The lowest BCUT2D eigenvalue weighted by Gasteiger charge is -2.05. The highest BCUT2D eigenvalue weighted by molar-refractivity contribution is 5.97. The van der Waals surface area contributed by atoms with Crippen molar-refractivity contribution >= 4 is 17.4 Å². The molecule has 0 unspecified atom stereocenters. The molecule has 1 saturated carbocycles. The van der Waals surface area contributed by atoms with Gasteiger partial charge in [-0.15, -0.1) is 0 Å². The molecule has 1 amide bonds. The van der Waals surface area contributed by atoms with Crippen LogP contribution in [0.15, 0.2) is 36.4 Å². The van der Waals surface area contributed by atoms with Crippen LogP contribution in [0.1, 0.15) is 43.0 Å². The first-order valence-corrected chi connectivity index (χ1v) is 7.73. The molecule has 1 aromatic rings. The van der Waals surface area contributed by atoms with Gasteiger partial charge in [-0.05, 0) is 68.7 Å². The summed E-state index contributed by atoms with van der Waals surface area (Å²) >= 11 is 0. The quantitative estimate of drug-likeness (QED) is 0.677. The number of allylic oxidation sites excluding steroid dienone is 2. The van der Waals surface area contributed by atoms with Gasteiger partial charge in [-0.25, -0.2) is 0 Å². The van der Waals surface area contributed by atoms with Crippen LogP contribution >= 0.6 is 0 Å². The number of hydrogen-bond acceptors (Lipinski definition) is 2.